The highest BCUT2D eigenvalue weighted by molar-refractivity contribution is 5.86. The summed E-state index contributed by atoms with van der Waals surface area (Å²) in [5.41, 5.74) is -4.05. The van der Waals surface area contributed by atoms with Crippen LogP contribution < -0.4 is 10.6 Å². The molecule has 13 heteroatoms. The molecule has 1 fully saturated rings. The van der Waals surface area contributed by atoms with Gasteiger partial charge in [-0.25, -0.2) is 27.6 Å². The van der Waals surface area contributed by atoms with Crippen LogP contribution in [-0.4, -0.2) is 68.9 Å². The SMILES string of the molecule is CC(C)(C)OC(=O)N[C@@H](CC(=O)N[C@@H]1CN(C(=O)O)[C@](C(=O)O)(C(C)(C)C)C1)Cc1cc(F)c(F)cc1F. The van der Waals surface area contributed by atoms with Crippen molar-refractivity contribution in [3.8, 4) is 0 Å². The van der Waals surface area contributed by atoms with E-state index in [0.717, 1.165) is 4.90 Å². The molecule has 10 nitrogen and oxygen atoms in total. The Morgan fingerprint density at radius 3 is 2.11 bits per heavy atom. The Morgan fingerprint density at radius 1 is 1.05 bits per heavy atom. The van der Waals surface area contributed by atoms with E-state index in [-0.39, 0.29) is 18.5 Å². The molecule has 2 rings (SSSR count). The van der Waals surface area contributed by atoms with Gasteiger partial charge in [0, 0.05) is 37.5 Å². The number of nitrogens with one attached hydrogen (secondary N) is 2. The first-order chi connectivity index (χ1) is 17.3. The number of carbonyl (C=O) groups excluding carboxylic acids is 2. The van der Waals surface area contributed by atoms with E-state index in [9.17, 15) is 42.6 Å². The van der Waals surface area contributed by atoms with Crippen LogP contribution in [0.4, 0.5) is 22.8 Å². The van der Waals surface area contributed by atoms with Crippen LogP contribution in [0, 0.1) is 22.9 Å². The van der Waals surface area contributed by atoms with Crippen LogP contribution in [0.5, 0.6) is 0 Å². The molecule has 0 radical (unpaired) electrons. The Hall–Kier alpha value is -3.51. The first-order valence-corrected chi connectivity index (χ1v) is 11.9. The molecule has 3 atom stereocenters. The van der Waals surface area contributed by atoms with E-state index in [1.807, 2.05) is 0 Å². The predicted molar refractivity (Wildman–Crippen MR) is 129 cm³/mol. The molecule has 3 amide bonds. The standard InChI is InChI=1S/C25H34F3N3O7/c1-23(2,3)25(20(33)34)11-15(12-31(25)22(36)37)29-19(32)9-14(30-21(35)38-24(4,5)6)7-13-8-17(27)18(28)10-16(13)26/h8,10,14-15H,7,9,11-12H2,1-6H3,(H,29,32)(H,30,35)(H,33,34)(H,36,37)/t14-,15+,25-/m1/s1. The highest BCUT2D eigenvalue weighted by Gasteiger charge is 2.60. The van der Waals surface area contributed by atoms with E-state index in [1.54, 1.807) is 41.5 Å². The molecule has 1 aliphatic heterocycles. The van der Waals surface area contributed by atoms with Gasteiger partial charge in [-0.05, 0) is 44.2 Å². The molecule has 1 saturated heterocycles. The summed E-state index contributed by atoms with van der Waals surface area (Å²) in [6.45, 7) is 9.24. The topological polar surface area (TPSA) is 145 Å². The summed E-state index contributed by atoms with van der Waals surface area (Å²) in [6, 6.07) is -1.03. The molecule has 212 valence electrons. The monoisotopic (exact) mass is 545 g/mol. The zero-order valence-corrected chi connectivity index (χ0v) is 22.2. The number of amides is 3. The molecule has 1 aliphatic rings. The maximum absolute atomic E-state index is 14.3. The van der Waals surface area contributed by atoms with Crippen LogP contribution in [0.25, 0.3) is 0 Å². The minimum absolute atomic E-state index is 0.216. The second kappa shape index (κ2) is 11.1. The van der Waals surface area contributed by atoms with Crippen LogP contribution in [0.1, 0.15) is 59.9 Å². The van der Waals surface area contributed by atoms with E-state index in [4.69, 9.17) is 4.74 Å². The summed E-state index contributed by atoms with van der Waals surface area (Å²) in [4.78, 5) is 50.2. The van der Waals surface area contributed by atoms with Crippen molar-refractivity contribution in [2.24, 2.45) is 5.41 Å². The second-order valence-electron chi connectivity index (χ2n) is 11.4. The van der Waals surface area contributed by atoms with Gasteiger partial charge < -0.3 is 25.6 Å². The summed E-state index contributed by atoms with van der Waals surface area (Å²) < 4.78 is 46.6. The van der Waals surface area contributed by atoms with Crippen molar-refractivity contribution in [1.82, 2.24) is 15.5 Å². The van der Waals surface area contributed by atoms with Gasteiger partial charge in [-0.2, -0.15) is 0 Å². The summed E-state index contributed by atoms with van der Waals surface area (Å²) in [7, 11) is 0. The minimum atomic E-state index is -1.82. The summed E-state index contributed by atoms with van der Waals surface area (Å²) in [5.74, 6) is -5.86. The number of alkyl carbamates (subject to hydrolysis) is 1. The van der Waals surface area contributed by atoms with Crippen LogP contribution in [0.3, 0.4) is 0 Å². The molecular weight excluding hydrogens is 511 g/mol. The number of hydrogen-bond donors (Lipinski definition) is 4. The summed E-state index contributed by atoms with van der Waals surface area (Å²) in [6.07, 6.45) is -3.49. The van der Waals surface area contributed by atoms with Gasteiger partial charge in [0.1, 0.15) is 11.4 Å². The smallest absolute Gasteiger partial charge is 0.408 e. The molecule has 1 aromatic rings. The average molecular weight is 546 g/mol. The van der Waals surface area contributed by atoms with Gasteiger partial charge in [0.25, 0.3) is 0 Å². The fourth-order valence-electron chi connectivity index (χ4n) is 4.62. The number of ether oxygens (including phenoxy) is 1. The number of carbonyl (C=O) groups is 4. The summed E-state index contributed by atoms with van der Waals surface area (Å²) in [5, 5.41) is 24.7. The van der Waals surface area contributed by atoms with Gasteiger partial charge in [-0.15, -0.1) is 0 Å². The van der Waals surface area contributed by atoms with Gasteiger partial charge in [-0.1, -0.05) is 20.8 Å². The molecule has 0 saturated carbocycles. The molecule has 1 heterocycles. The largest absolute Gasteiger partial charge is 0.479 e. The van der Waals surface area contributed by atoms with E-state index in [2.05, 4.69) is 10.6 Å². The predicted octanol–water partition coefficient (Wildman–Crippen LogP) is 3.67. The Kier molecular flexibility index (Phi) is 8.95. The number of carboxylic acids is 1. The van der Waals surface area contributed by atoms with Gasteiger partial charge in [-0.3, -0.25) is 9.69 Å². The Bertz CT molecular complexity index is 1100. The number of likely N-dealkylation sites (tertiary alicyclic amines) is 1. The van der Waals surface area contributed by atoms with Crippen LogP contribution in [-0.2, 0) is 20.7 Å². The van der Waals surface area contributed by atoms with Gasteiger partial charge in [0.2, 0.25) is 5.91 Å². The van der Waals surface area contributed by atoms with Crippen LogP contribution >= 0.6 is 0 Å². The van der Waals surface area contributed by atoms with Crippen molar-refractivity contribution in [3.05, 3.63) is 35.1 Å². The number of carboxylic acid groups (broad SMARTS) is 2. The third-order valence-corrected chi connectivity index (χ3v) is 6.30. The van der Waals surface area contributed by atoms with Crippen LogP contribution in [0.2, 0.25) is 0 Å². The molecule has 0 aliphatic carbocycles. The number of halogens is 3. The fraction of sp³-hybridized carbons (Fsp3) is 0.600. The van der Waals surface area contributed by atoms with E-state index >= 15 is 0 Å². The molecular formula is C25H34F3N3O7. The highest BCUT2D eigenvalue weighted by atomic mass is 19.2. The van der Waals surface area contributed by atoms with E-state index in [0.29, 0.717) is 12.1 Å². The lowest BCUT2D eigenvalue weighted by Crippen LogP contribution is -2.60. The Labute approximate surface area is 218 Å². The highest BCUT2D eigenvalue weighted by Crippen LogP contribution is 2.44. The quantitative estimate of drug-likeness (QED) is 0.383. The van der Waals surface area contributed by atoms with Crippen molar-refractivity contribution >= 4 is 24.1 Å². The third kappa shape index (κ3) is 7.07. The van der Waals surface area contributed by atoms with Crippen molar-refractivity contribution < 1.29 is 47.3 Å². The van der Waals surface area contributed by atoms with E-state index < -0.39 is 83.0 Å². The first-order valence-electron chi connectivity index (χ1n) is 11.9. The number of hydrogen-bond acceptors (Lipinski definition) is 5. The molecule has 38 heavy (non-hydrogen) atoms. The maximum atomic E-state index is 14.3. The average Bonchev–Trinajstić information content (AvgIpc) is 3.11. The fourth-order valence-corrected chi connectivity index (χ4v) is 4.62. The van der Waals surface area contributed by atoms with Crippen molar-refractivity contribution in [2.75, 3.05) is 6.54 Å². The lowest BCUT2D eigenvalue weighted by Gasteiger charge is -2.43. The number of benzene rings is 1. The Balaban J connectivity index is 2.26. The van der Waals surface area contributed by atoms with Gasteiger partial charge in [0.05, 0.1) is 0 Å². The number of rotatable bonds is 7. The zero-order chi connectivity index (χ0) is 29.2. The van der Waals surface area contributed by atoms with E-state index in [1.165, 1.54) is 0 Å². The second-order valence-corrected chi connectivity index (χ2v) is 11.4. The van der Waals surface area contributed by atoms with Crippen molar-refractivity contribution in [1.29, 1.82) is 0 Å². The molecule has 0 aromatic heterocycles. The lowest BCUT2D eigenvalue weighted by molar-refractivity contribution is -0.155. The number of nitrogens with zero attached hydrogens (tertiary/aromatic N) is 1. The van der Waals surface area contributed by atoms with Crippen molar-refractivity contribution in [2.45, 2.75) is 84.0 Å². The number of aliphatic carboxylic acids is 1. The lowest BCUT2D eigenvalue weighted by atomic mass is 9.71. The van der Waals surface area contributed by atoms with Crippen LogP contribution in [0.15, 0.2) is 12.1 Å². The van der Waals surface area contributed by atoms with Gasteiger partial charge in [0.15, 0.2) is 17.2 Å². The normalized spacial score (nSPS) is 20.6. The molecule has 0 spiro atoms. The molecule has 4 N–H and O–H groups in total. The Morgan fingerprint density at radius 2 is 1.63 bits per heavy atom. The third-order valence-electron chi connectivity index (χ3n) is 6.30. The molecule has 0 bridgehead atoms. The molecule has 0 unspecified atom stereocenters. The first kappa shape index (κ1) is 30.7. The molecule has 1 aromatic carbocycles. The maximum Gasteiger partial charge on any atom is 0.408 e. The summed E-state index contributed by atoms with van der Waals surface area (Å²) >= 11 is 0. The van der Waals surface area contributed by atoms with Gasteiger partial charge >= 0.3 is 18.2 Å². The zero-order valence-electron chi connectivity index (χ0n) is 22.2. The van der Waals surface area contributed by atoms with Crippen molar-refractivity contribution in [3.63, 3.8) is 0 Å². The minimum Gasteiger partial charge on any atom is -0.479 e.